The van der Waals surface area contributed by atoms with Crippen molar-refractivity contribution < 1.29 is 14.0 Å². The summed E-state index contributed by atoms with van der Waals surface area (Å²) in [5, 5.41) is 4.03. The molecule has 3 aromatic rings. The Morgan fingerprint density at radius 1 is 1.08 bits per heavy atom. The molecule has 0 bridgehead atoms. The van der Waals surface area contributed by atoms with Crippen LogP contribution in [0, 0.1) is 5.82 Å². The van der Waals surface area contributed by atoms with Gasteiger partial charge in [-0.25, -0.2) is 4.39 Å². The number of carbonyl (C=O) groups excluding carboxylic acids is 2. The molecule has 2 amide bonds. The fourth-order valence-electron chi connectivity index (χ4n) is 6.87. The van der Waals surface area contributed by atoms with Crippen molar-refractivity contribution in [2.24, 2.45) is 0 Å². The van der Waals surface area contributed by atoms with Crippen LogP contribution in [0.1, 0.15) is 88.0 Å². The summed E-state index contributed by atoms with van der Waals surface area (Å²) >= 11 is 0. The molecule has 206 valence electrons. The standard InChI is InChI=1S/C32H39FN4O2/c1-32(31(39)34-25-13-7-2-3-8-14-25)22-36-27-16-15-24(33)21-26(27)28(35-18-9-10-19-35)29(36)30(38)37(32)20-17-23-11-5-4-6-12-23/h9-11,15-16,18-19,21,25H,2-8,12-14,17,20,22H2,1H3,(H,34,39). The number of rotatable bonds is 6. The number of amides is 2. The van der Waals surface area contributed by atoms with Crippen molar-refractivity contribution in [3.05, 3.63) is 65.9 Å². The van der Waals surface area contributed by atoms with Gasteiger partial charge in [0, 0.05) is 30.4 Å². The lowest BCUT2D eigenvalue weighted by atomic mass is 9.91. The molecule has 3 aliphatic rings. The molecule has 0 spiro atoms. The Balaban J connectivity index is 1.44. The highest BCUT2D eigenvalue weighted by atomic mass is 19.1. The number of hydrogen-bond acceptors (Lipinski definition) is 2. The lowest BCUT2D eigenvalue weighted by Gasteiger charge is -2.45. The zero-order chi connectivity index (χ0) is 27.0. The summed E-state index contributed by atoms with van der Waals surface area (Å²) in [6.07, 6.45) is 18.0. The molecule has 7 heteroatoms. The van der Waals surface area contributed by atoms with Crippen molar-refractivity contribution >= 4 is 22.7 Å². The van der Waals surface area contributed by atoms with Gasteiger partial charge in [0.1, 0.15) is 17.1 Å². The Kier molecular flexibility index (Phi) is 7.08. The maximum atomic E-state index is 14.5. The van der Waals surface area contributed by atoms with Gasteiger partial charge < -0.3 is 19.4 Å². The average Bonchev–Trinajstić information content (AvgIpc) is 3.48. The van der Waals surface area contributed by atoms with Gasteiger partial charge in [0.2, 0.25) is 5.91 Å². The van der Waals surface area contributed by atoms with E-state index in [0.29, 0.717) is 29.9 Å². The Hall–Kier alpha value is -3.35. The van der Waals surface area contributed by atoms with Crippen molar-refractivity contribution in [3.63, 3.8) is 0 Å². The molecular weight excluding hydrogens is 491 g/mol. The predicted octanol–water partition coefficient (Wildman–Crippen LogP) is 6.52. The van der Waals surface area contributed by atoms with Gasteiger partial charge in [0.15, 0.2) is 0 Å². The van der Waals surface area contributed by atoms with Crippen LogP contribution in [-0.4, -0.2) is 44.0 Å². The van der Waals surface area contributed by atoms with E-state index in [-0.39, 0.29) is 23.7 Å². The molecule has 1 unspecified atom stereocenters. The maximum absolute atomic E-state index is 14.5. The van der Waals surface area contributed by atoms with Gasteiger partial charge in [-0.15, -0.1) is 0 Å². The van der Waals surface area contributed by atoms with E-state index in [1.807, 2.05) is 45.5 Å². The third-order valence-corrected chi connectivity index (χ3v) is 9.09. The van der Waals surface area contributed by atoms with Crippen LogP contribution < -0.4 is 5.32 Å². The highest BCUT2D eigenvalue weighted by Gasteiger charge is 2.49. The number of fused-ring (bicyclic) bond motifs is 3. The van der Waals surface area contributed by atoms with Crippen LogP contribution in [0.4, 0.5) is 4.39 Å². The normalized spacial score (nSPS) is 22.5. The second-order valence-electron chi connectivity index (χ2n) is 11.8. The van der Waals surface area contributed by atoms with Gasteiger partial charge in [-0.3, -0.25) is 9.59 Å². The first kappa shape index (κ1) is 25.9. The van der Waals surface area contributed by atoms with Gasteiger partial charge in [-0.2, -0.15) is 0 Å². The highest BCUT2D eigenvalue weighted by molar-refractivity contribution is 6.09. The van der Waals surface area contributed by atoms with E-state index in [9.17, 15) is 14.0 Å². The zero-order valence-corrected chi connectivity index (χ0v) is 22.9. The Morgan fingerprint density at radius 3 is 2.56 bits per heavy atom. The second kappa shape index (κ2) is 10.7. The van der Waals surface area contributed by atoms with Crippen LogP contribution in [0.5, 0.6) is 0 Å². The van der Waals surface area contributed by atoms with Crippen LogP contribution in [0.2, 0.25) is 0 Å². The number of aromatic nitrogens is 2. The number of hydrogen-bond donors (Lipinski definition) is 1. The molecule has 2 aromatic heterocycles. The summed E-state index contributed by atoms with van der Waals surface area (Å²) in [6, 6.07) is 8.62. The molecule has 0 saturated heterocycles. The molecule has 6 nitrogen and oxygen atoms in total. The summed E-state index contributed by atoms with van der Waals surface area (Å²) in [5.74, 6) is -0.602. The van der Waals surface area contributed by atoms with Gasteiger partial charge in [-0.1, -0.05) is 37.3 Å². The zero-order valence-electron chi connectivity index (χ0n) is 22.9. The first-order chi connectivity index (χ1) is 19.0. The first-order valence-electron chi connectivity index (χ1n) is 14.7. The van der Waals surface area contributed by atoms with Crippen molar-refractivity contribution in [2.75, 3.05) is 6.54 Å². The van der Waals surface area contributed by atoms with Crippen LogP contribution in [0.15, 0.2) is 54.4 Å². The van der Waals surface area contributed by atoms with Crippen LogP contribution in [0.3, 0.4) is 0 Å². The summed E-state index contributed by atoms with van der Waals surface area (Å²) in [4.78, 5) is 30.5. The summed E-state index contributed by atoms with van der Waals surface area (Å²) in [5.41, 5.74) is 2.28. The summed E-state index contributed by atoms with van der Waals surface area (Å²) < 4.78 is 18.4. The average molecular weight is 531 g/mol. The lowest BCUT2D eigenvalue weighted by Crippen LogP contribution is -2.65. The van der Waals surface area contributed by atoms with E-state index in [2.05, 4.69) is 11.4 Å². The van der Waals surface area contributed by atoms with Crippen molar-refractivity contribution in [2.45, 2.75) is 95.7 Å². The van der Waals surface area contributed by atoms with Crippen molar-refractivity contribution in [1.29, 1.82) is 0 Å². The summed E-state index contributed by atoms with van der Waals surface area (Å²) in [6.45, 7) is 2.73. The fraction of sp³-hybridized carbons (Fsp3) is 0.500. The van der Waals surface area contributed by atoms with E-state index >= 15 is 0 Å². The molecule has 1 aliphatic heterocycles. The van der Waals surface area contributed by atoms with Gasteiger partial charge in [0.25, 0.3) is 5.91 Å². The molecule has 2 aliphatic carbocycles. The van der Waals surface area contributed by atoms with E-state index < -0.39 is 5.54 Å². The minimum Gasteiger partial charge on any atom is -0.351 e. The van der Waals surface area contributed by atoms with Crippen molar-refractivity contribution in [3.8, 4) is 5.69 Å². The van der Waals surface area contributed by atoms with Crippen LogP contribution >= 0.6 is 0 Å². The second-order valence-corrected chi connectivity index (χ2v) is 11.8. The Morgan fingerprint density at radius 2 is 1.85 bits per heavy atom. The SMILES string of the molecule is CC1(C(=O)NC2CCCCCC2)Cn2c(c(-n3cccc3)c3cc(F)ccc32)C(=O)N1CCC1=CCCCC1. The molecule has 1 atom stereocenters. The number of nitrogens with one attached hydrogen (secondary N) is 1. The van der Waals surface area contributed by atoms with Gasteiger partial charge >= 0.3 is 0 Å². The van der Waals surface area contributed by atoms with Gasteiger partial charge in [-0.05, 0) is 82.2 Å². The molecule has 39 heavy (non-hydrogen) atoms. The quantitative estimate of drug-likeness (QED) is 0.292. The number of carbonyl (C=O) groups is 2. The summed E-state index contributed by atoms with van der Waals surface area (Å²) in [7, 11) is 0. The fourth-order valence-corrected chi connectivity index (χ4v) is 6.87. The highest BCUT2D eigenvalue weighted by Crippen LogP contribution is 2.39. The van der Waals surface area contributed by atoms with Gasteiger partial charge in [0.05, 0.1) is 17.7 Å². The Labute approximate surface area is 229 Å². The maximum Gasteiger partial charge on any atom is 0.273 e. The molecule has 1 aromatic carbocycles. The number of benzene rings is 1. The topological polar surface area (TPSA) is 59.3 Å². The Bertz CT molecular complexity index is 1400. The lowest BCUT2D eigenvalue weighted by molar-refractivity contribution is -0.133. The molecule has 6 rings (SSSR count). The van der Waals surface area contributed by atoms with Crippen LogP contribution in [-0.2, 0) is 11.3 Å². The van der Waals surface area contributed by atoms with Crippen LogP contribution in [0.25, 0.3) is 16.6 Å². The predicted molar refractivity (Wildman–Crippen MR) is 151 cm³/mol. The minimum atomic E-state index is -1.06. The molecule has 3 heterocycles. The third-order valence-electron chi connectivity index (χ3n) is 9.09. The first-order valence-corrected chi connectivity index (χ1v) is 14.7. The molecular formula is C32H39FN4O2. The van der Waals surface area contributed by atoms with E-state index in [0.717, 1.165) is 50.5 Å². The van der Waals surface area contributed by atoms with Crippen molar-refractivity contribution in [1.82, 2.24) is 19.4 Å². The number of allylic oxidation sites excluding steroid dienone is 1. The molecule has 1 fully saturated rings. The van der Waals surface area contributed by atoms with E-state index in [1.165, 1.54) is 43.4 Å². The van der Waals surface area contributed by atoms with E-state index in [4.69, 9.17) is 0 Å². The third kappa shape index (κ3) is 4.81. The smallest absolute Gasteiger partial charge is 0.273 e. The number of halogens is 1. The molecule has 0 radical (unpaired) electrons. The molecule has 1 N–H and O–H groups in total. The number of nitrogens with zero attached hydrogens (tertiary/aromatic N) is 3. The van der Waals surface area contributed by atoms with E-state index in [1.54, 1.807) is 6.07 Å². The molecule has 1 saturated carbocycles. The minimum absolute atomic E-state index is 0.0856. The largest absolute Gasteiger partial charge is 0.351 e. The monoisotopic (exact) mass is 530 g/mol.